The molecule has 0 bridgehead atoms. The molecule has 1 N–H and O–H groups in total. The number of hydrogen-bond donors (Lipinski definition) is 1. The lowest BCUT2D eigenvalue weighted by Crippen LogP contribution is -2.30. The number of rotatable bonds is 2. The lowest BCUT2D eigenvalue weighted by atomic mass is 10.3. The van der Waals surface area contributed by atoms with Crippen LogP contribution in [-0.2, 0) is 4.79 Å². The first-order valence-corrected chi connectivity index (χ1v) is 7.91. The number of anilines is 1. The Morgan fingerprint density at radius 3 is 2.71 bits per heavy atom. The highest BCUT2D eigenvalue weighted by molar-refractivity contribution is 9.11. The van der Waals surface area contributed by atoms with Gasteiger partial charge in [0.25, 0.3) is 5.91 Å². The van der Waals surface area contributed by atoms with E-state index >= 15 is 0 Å². The first-order valence-electron chi connectivity index (χ1n) is 5.92. The zero-order chi connectivity index (χ0) is 15.0. The van der Waals surface area contributed by atoms with Crippen molar-refractivity contribution in [3.63, 3.8) is 0 Å². The van der Waals surface area contributed by atoms with Gasteiger partial charge in [-0.2, -0.15) is 0 Å². The summed E-state index contributed by atoms with van der Waals surface area (Å²) in [5, 5.41) is 3.04. The molecular formula is C14H8BrClN2O2S. The van der Waals surface area contributed by atoms with Crippen molar-refractivity contribution in [3.8, 4) is 0 Å². The molecule has 3 amide bonds. The van der Waals surface area contributed by atoms with Gasteiger partial charge in [-0.3, -0.25) is 4.79 Å². The van der Waals surface area contributed by atoms with Crippen LogP contribution in [0.25, 0.3) is 6.08 Å². The Labute approximate surface area is 138 Å². The normalized spacial score (nSPS) is 16.7. The molecule has 2 aromatic rings. The van der Waals surface area contributed by atoms with E-state index in [2.05, 4.69) is 21.2 Å². The molecular weight excluding hydrogens is 376 g/mol. The highest BCUT2D eigenvalue weighted by atomic mass is 79.9. The molecule has 0 spiro atoms. The summed E-state index contributed by atoms with van der Waals surface area (Å²) in [6.45, 7) is 0. The fourth-order valence-corrected chi connectivity index (χ4v) is 3.48. The minimum absolute atomic E-state index is 0.245. The average Bonchev–Trinajstić information content (AvgIpc) is 2.94. The molecule has 1 saturated heterocycles. The minimum atomic E-state index is -0.482. The topological polar surface area (TPSA) is 49.4 Å². The van der Waals surface area contributed by atoms with E-state index in [4.69, 9.17) is 11.6 Å². The molecule has 0 radical (unpaired) electrons. The van der Waals surface area contributed by atoms with Gasteiger partial charge >= 0.3 is 6.03 Å². The Hall–Kier alpha value is -1.63. The van der Waals surface area contributed by atoms with Gasteiger partial charge in [-0.15, -0.1) is 11.3 Å². The number of benzene rings is 1. The number of imide groups is 1. The number of amides is 3. The molecule has 21 heavy (non-hydrogen) atoms. The second-order valence-electron chi connectivity index (χ2n) is 4.25. The highest BCUT2D eigenvalue weighted by Gasteiger charge is 2.34. The summed E-state index contributed by atoms with van der Waals surface area (Å²) in [5.41, 5.74) is 0.690. The number of thiophene rings is 1. The summed E-state index contributed by atoms with van der Waals surface area (Å²) >= 11 is 10.7. The van der Waals surface area contributed by atoms with Crippen LogP contribution >= 0.6 is 38.9 Å². The Balaban J connectivity index is 1.94. The van der Waals surface area contributed by atoms with E-state index in [-0.39, 0.29) is 5.70 Å². The second-order valence-corrected chi connectivity index (χ2v) is 7.18. The minimum Gasteiger partial charge on any atom is -0.302 e. The van der Waals surface area contributed by atoms with Gasteiger partial charge < -0.3 is 5.32 Å². The van der Waals surface area contributed by atoms with E-state index in [1.165, 1.54) is 11.3 Å². The van der Waals surface area contributed by atoms with Crippen molar-refractivity contribution in [3.05, 3.63) is 55.8 Å². The van der Waals surface area contributed by atoms with Crippen molar-refractivity contribution in [2.45, 2.75) is 0 Å². The molecule has 1 aromatic heterocycles. The third-order valence-electron chi connectivity index (χ3n) is 2.83. The van der Waals surface area contributed by atoms with E-state index in [0.717, 1.165) is 13.6 Å². The van der Waals surface area contributed by atoms with Crippen molar-refractivity contribution in [2.75, 3.05) is 4.90 Å². The summed E-state index contributed by atoms with van der Waals surface area (Å²) in [7, 11) is 0. The molecule has 3 rings (SSSR count). The molecule has 0 unspecified atom stereocenters. The number of carbonyl (C=O) groups excluding carboxylic acids is 2. The molecule has 1 aliphatic heterocycles. The number of carbonyl (C=O) groups is 2. The number of urea groups is 1. The van der Waals surface area contributed by atoms with Crippen molar-refractivity contribution in [1.29, 1.82) is 0 Å². The molecule has 0 saturated carbocycles. The fourth-order valence-electron chi connectivity index (χ4n) is 1.93. The SMILES string of the molecule is O=C1N/C(=C/c2ccc(Br)s2)C(=O)N1c1cccc(Cl)c1. The van der Waals surface area contributed by atoms with Gasteiger partial charge in [-0.1, -0.05) is 17.7 Å². The first-order chi connectivity index (χ1) is 10.0. The summed E-state index contributed by atoms with van der Waals surface area (Å²) in [4.78, 5) is 26.3. The first kappa shape index (κ1) is 14.3. The van der Waals surface area contributed by atoms with Gasteiger partial charge in [0.05, 0.1) is 9.47 Å². The number of hydrogen-bond acceptors (Lipinski definition) is 3. The largest absolute Gasteiger partial charge is 0.333 e. The maximum absolute atomic E-state index is 12.4. The fraction of sp³-hybridized carbons (Fsp3) is 0. The van der Waals surface area contributed by atoms with Crippen LogP contribution in [0.3, 0.4) is 0 Å². The molecule has 2 heterocycles. The van der Waals surface area contributed by atoms with Gasteiger partial charge in [0, 0.05) is 9.90 Å². The van der Waals surface area contributed by atoms with Gasteiger partial charge in [0.15, 0.2) is 0 Å². The van der Waals surface area contributed by atoms with Crippen LogP contribution < -0.4 is 10.2 Å². The Morgan fingerprint density at radius 1 is 1.24 bits per heavy atom. The molecule has 106 valence electrons. The third-order valence-corrected chi connectivity index (χ3v) is 4.63. The van der Waals surface area contributed by atoms with Crippen molar-refractivity contribution >= 4 is 62.6 Å². The van der Waals surface area contributed by atoms with E-state index < -0.39 is 11.9 Å². The molecule has 0 atom stereocenters. The van der Waals surface area contributed by atoms with E-state index in [0.29, 0.717) is 10.7 Å². The number of halogens is 2. The van der Waals surface area contributed by atoms with E-state index in [1.807, 2.05) is 12.1 Å². The maximum atomic E-state index is 12.4. The van der Waals surface area contributed by atoms with Gasteiger partial charge in [-0.25, -0.2) is 9.69 Å². The Kier molecular flexibility index (Phi) is 3.84. The zero-order valence-corrected chi connectivity index (χ0v) is 13.6. The summed E-state index contributed by atoms with van der Waals surface area (Å²) in [6.07, 6.45) is 1.65. The molecule has 1 fully saturated rings. The van der Waals surface area contributed by atoms with Gasteiger partial charge in [0.2, 0.25) is 0 Å². The predicted octanol–water partition coefficient (Wildman–Crippen LogP) is 4.26. The van der Waals surface area contributed by atoms with Crippen LogP contribution in [0.15, 0.2) is 45.9 Å². The molecule has 7 heteroatoms. The zero-order valence-electron chi connectivity index (χ0n) is 10.5. The summed E-state index contributed by atoms with van der Waals surface area (Å²) in [5.74, 6) is -0.396. The number of nitrogens with one attached hydrogen (secondary N) is 1. The number of nitrogens with zero attached hydrogens (tertiary/aromatic N) is 1. The van der Waals surface area contributed by atoms with Crippen LogP contribution in [0.5, 0.6) is 0 Å². The third kappa shape index (κ3) is 2.88. The van der Waals surface area contributed by atoms with Crippen LogP contribution in [-0.4, -0.2) is 11.9 Å². The van der Waals surface area contributed by atoms with Crippen LogP contribution in [0, 0.1) is 0 Å². The maximum Gasteiger partial charge on any atom is 0.333 e. The lowest BCUT2D eigenvalue weighted by Gasteiger charge is -2.11. The quantitative estimate of drug-likeness (QED) is 0.622. The van der Waals surface area contributed by atoms with Crippen LogP contribution in [0.1, 0.15) is 4.88 Å². The highest BCUT2D eigenvalue weighted by Crippen LogP contribution is 2.27. The van der Waals surface area contributed by atoms with Gasteiger partial charge in [-0.05, 0) is 52.3 Å². The van der Waals surface area contributed by atoms with Crippen LogP contribution in [0.4, 0.5) is 10.5 Å². The van der Waals surface area contributed by atoms with E-state index in [9.17, 15) is 9.59 Å². The van der Waals surface area contributed by atoms with Crippen molar-refractivity contribution in [1.82, 2.24) is 5.32 Å². The smallest absolute Gasteiger partial charge is 0.302 e. The lowest BCUT2D eigenvalue weighted by molar-refractivity contribution is -0.113. The molecule has 1 aliphatic rings. The second kappa shape index (κ2) is 5.63. The molecule has 0 aliphatic carbocycles. The monoisotopic (exact) mass is 382 g/mol. The van der Waals surface area contributed by atoms with E-state index in [1.54, 1.807) is 30.3 Å². The Morgan fingerprint density at radius 2 is 2.05 bits per heavy atom. The van der Waals surface area contributed by atoms with Crippen LogP contribution in [0.2, 0.25) is 5.02 Å². The van der Waals surface area contributed by atoms with Crippen molar-refractivity contribution < 1.29 is 9.59 Å². The average molecular weight is 384 g/mol. The summed E-state index contributed by atoms with van der Waals surface area (Å²) in [6, 6.07) is 9.87. The predicted molar refractivity (Wildman–Crippen MR) is 87.5 cm³/mol. The standard InChI is InChI=1S/C14H8BrClN2O2S/c15-12-5-4-10(21-12)7-11-13(19)18(14(20)17-11)9-3-1-2-8(16)6-9/h1-7H,(H,17,20)/b11-7+. The Bertz CT molecular complexity index is 772. The van der Waals surface area contributed by atoms with Gasteiger partial charge in [0.1, 0.15) is 5.70 Å². The van der Waals surface area contributed by atoms with Crippen molar-refractivity contribution in [2.24, 2.45) is 0 Å². The molecule has 4 nitrogen and oxygen atoms in total. The summed E-state index contributed by atoms with van der Waals surface area (Å²) < 4.78 is 0.956. The molecule has 1 aromatic carbocycles.